The highest BCUT2D eigenvalue weighted by Crippen LogP contribution is 2.29. The lowest BCUT2D eigenvalue weighted by Gasteiger charge is -2.23. The van der Waals surface area contributed by atoms with Gasteiger partial charge in [-0.2, -0.15) is 5.10 Å². The molecule has 0 aliphatic carbocycles. The predicted octanol–water partition coefficient (Wildman–Crippen LogP) is 1.41. The molecule has 3 N–H and O–H groups in total. The van der Waals surface area contributed by atoms with Gasteiger partial charge in [0.05, 0.1) is 17.8 Å². The lowest BCUT2D eigenvalue weighted by atomic mass is 10.1. The number of aromatic nitrogens is 2. The molecule has 1 aliphatic heterocycles. The molecule has 2 heterocycles. The smallest absolute Gasteiger partial charge is 0.138 e. The monoisotopic (exact) mass is 285 g/mol. The molecule has 0 radical (unpaired) electrons. The van der Waals surface area contributed by atoms with E-state index in [1.165, 1.54) is 0 Å². The van der Waals surface area contributed by atoms with Gasteiger partial charge in [0.25, 0.3) is 0 Å². The Kier molecular flexibility index (Phi) is 3.29. The van der Waals surface area contributed by atoms with Crippen LogP contribution in [0, 0.1) is 12.3 Å². The fraction of sp³-hybridized carbons (Fsp3) is 0.333. The summed E-state index contributed by atoms with van der Waals surface area (Å²) < 4.78 is 7.58. The average molecular weight is 285 g/mol. The molecule has 0 saturated carbocycles. The number of hydrogen-bond acceptors (Lipinski definition) is 4. The van der Waals surface area contributed by atoms with Crippen LogP contribution in [0.2, 0.25) is 0 Å². The van der Waals surface area contributed by atoms with Crippen molar-refractivity contribution in [3.05, 3.63) is 41.1 Å². The first-order valence-corrected chi connectivity index (χ1v) is 6.91. The summed E-state index contributed by atoms with van der Waals surface area (Å²) >= 11 is 0. The molecular weight excluding hydrogens is 266 g/mol. The van der Waals surface area contributed by atoms with E-state index in [1.807, 2.05) is 32.2 Å². The molecule has 0 saturated heterocycles. The highest BCUT2D eigenvalue weighted by Gasteiger charge is 2.24. The number of benzene rings is 1. The third-order valence-electron chi connectivity index (χ3n) is 3.71. The van der Waals surface area contributed by atoms with Crippen LogP contribution in [-0.2, 0) is 13.6 Å². The normalized spacial score (nSPS) is 14.3. The van der Waals surface area contributed by atoms with Gasteiger partial charge in [-0.25, -0.2) is 0 Å². The summed E-state index contributed by atoms with van der Waals surface area (Å²) in [5.41, 5.74) is 8.35. The van der Waals surface area contributed by atoms with Gasteiger partial charge in [0.1, 0.15) is 24.0 Å². The van der Waals surface area contributed by atoms with E-state index in [-0.39, 0.29) is 5.84 Å². The van der Waals surface area contributed by atoms with E-state index < -0.39 is 0 Å². The van der Waals surface area contributed by atoms with Crippen LogP contribution in [0.1, 0.15) is 16.8 Å². The van der Waals surface area contributed by atoms with Gasteiger partial charge < -0.3 is 15.4 Å². The minimum absolute atomic E-state index is 0.0500. The number of fused-ring (bicyclic) bond motifs is 1. The van der Waals surface area contributed by atoms with E-state index in [9.17, 15) is 0 Å². The number of nitrogen functional groups attached to an aromatic ring is 1. The molecule has 1 aromatic heterocycles. The van der Waals surface area contributed by atoms with Crippen LogP contribution in [-0.4, -0.2) is 28.8 Å². The van der Waals surface area contributed by atoms with Crippen molar-refractivity contribution >= 4 is 11.7 Å². The molecule has 110 valence electrons. The Hall–Kier alpha value is -2.50. The number of nitrogens with two attached hydrogens (primary N) is 1. The maximum absolute atomic E-state index is 7.82. The van der Waals surface area contributed by atoms with Crippen molar-refractivity contribution in [1.29, 1.82) is 5.41 Å². The van der Waals surface area contributed by atoms with Crippen molar-refractivity contribution in [3.8, 4) is 5.75 Å². The number of aryl methyl sites for hydroxylation is 2. The van der Waals surface area contributed by atoms with E-state index in [1.54, 1.807) is 4.68 Å². The quantitative estimate of drug-likeness (QED) is 0.646. The molecule has 0 atom stereocenters. The Morgan fingerprint density at radius 2 is 2.14 bits per heavy atom. The van der Waals surface area contributed by atoms with Gasteiger partial charge in [0.15, 0.2) is 0 Å². The van der Waals surface area contributed by atoms with Crippen molar-refractivity contribution in [3.63, 3.8) is 0 Å². The molecule has 6 heteroatoms. The summed E-state index contributed by atoms with van der Waals surface area (Å²) in [5, 5.41) is 12.2. The number of hydrogen-bond donors (Lipinski definition) is 2. The molecule has 0 bridgehead atoms. The summed E-state index contributed by atoms with van der Waals surface area (Å²) in [4.78, 5) is 2.17. The summed E-state index contributed by atoms with van der Waals surface area (Å²) in [6.45, 7) is 3.92. The second-order valence-electron chi connectivity index (χ2n) is 5.20. The van der Waals surface area contributed by atoms with Crippen LogP contribution in [0.5, 0.6) is 5.75 Å². The van der Waals surface area contributed by atoms with Crippen molar-refractivity contribution in [1.82, 2.24) is 9.78 Å². The second kappa shape index (κ2) is 5.12. The minimum atomic E-state index is 0.0500. The SMILES string of the molecule is Cc1nn(C)c(N2CCOc3ccccc3C2)c1C(=N)N. The molecule has 0 spiro atoms. The first-order chi connectivity index (χ1) is 10.1. The largest absolute Gasteiger partial charge is 0.491 e. The number of amidine groups is 1. The van der Waals surface area contributed by atoms with Crippen LogP contribution < -0.4 is 15.4 Å². The van der Waals surface area contributed by atoms with Gasteiger partial charge in [0, 0.05) is 19.2 Å². The molecule has 0 unspecified atom stereocenters. The maximum atomic E-state index is 7.82. The lowest BCUT2D eigenvalue weighted by Crippen LogP contribution is -2.29. The summed E-state index contributed by atoms with van der Waals surface area (Å²) in [6.07, 6.45) is 0. The number of nitrogens with zero attached hydrogens (tertiary/aromatic N) is 3. The van der Waals surface area contributed by atoms with E-state index in [0.29, 0.717) is 12.2 Å². The van der Waals surface area contributed by atoms with E-state index in [2.05, 4.69) is 16.1 Å². The highest BCUT2D eigenvalue weighted by molar-refractivity contribution is 6.00. The second-order valence-corrected chi connectivity index (χ2v) is 5.20. The number of anilines is 1. The fourth-order valence-electron chi connectivity index (χ4n) is 2.83. The zero-order valence-corrected chi connectivity index (χ0v) is 12.3. The van der Waals surface area contributed by atoms with Gasteiger partial charge in [-0.05, 0) is 13.0 Å². The summed E-state index contributed by atoms with van der Waals surface area (Å²) in [5.74, 6) is 1.85. The molecule has 21 heavy (non-hydrogen) atoms. The summed E-state index contributed by atoms with van der Waals surface area (Å²) in [6, 6.07) is 8.03. The fourth-order valence-corrected chi connectivity index (χ4v) is 2.83. The van der Waals surface area contributed by atoms with Crippen molar-refractivity contribution in [2.75, 3.05) is 18.1 Å². The standard InChI is InChI=1S/C15H19N5O/c1-10-13(14(16)17)15(19(2)18-10)20-7-8-21-12-6-4-3-5-11(12)9-20/h3-6H,7-9H2,1-2H3,(H3,16,17). The first kappa shape index (κ1) is 13.5. The Balaban J connectivity index is 2.04. The van der Waals surface area contributed by atoms with Gasteiger partial charge in [0.2, 0.25) is 0 Å². The van der Waals surface area contributed by atoms with Gasteiger partial charge in [-0.15, -0.1) is 0 Å². The average Bonchev–Trinajstić information content (AvgIpc) is 2.62. The lowest BCUT2D eigenvalue weighted by molar-refractivity contribution is 0.331. The van der Waals surface area contributed by atoms with Gasteiger partial charge in [-0.1, -0.05) is 18.2 Å². The van der Waals surface area contributed by atoms with Crippen molar-refractivity contribution in [2.24, 2.45) is 12.8 Å². The number of para-hydroxylation sites is 1. The molecule has 1 aromatic carbocycles. The Bertz CT molecular complexity index is 691. The van der Waals surface area contributed by atoms with E-state index in [4.69, 9.17) is 15.9 Å². The van der Waals surface area contributed by atoms with Crippen molar-refractivity contribution < 1.29 is 4.74 Å². The molecule has 2 aromatic rings. The highest BCUT2D eigenvalue weighted by atomic mass is 16.5. The Labute approximate surface area is 123 Å². The van der Waals surface area contributed by atoms with Crippen LogP contribution in [0.15, 0.2) is 24.3 Å². The van der Waals surface area contributed by atoms with Crippen LogP contribution >= 0.6 is 0 Å². The molecule has 6 nitrogen and oxygen atoms in total. The van der Waals surface area contributed by atoms with Crippen LogP contribution in [0.3, 0.4) is 0 Å². The minimum Gasteiger partial charge on any atom is -0.491 e. The Morgan fingerprint density at radius 3 is 2.90 bits per heavy atom. The molecule has 0 fully saturated rings. The van der Waals surface area contributed by atoms with E-state index in [0.717, 1.165) is 35.9 Å². The zero-order chi connectivity index (χ0) is 15.0. The number of rotatable bonds is 2. The van der Waals surface area contributed by atoms with Crippen molar-refractivity contribution in [2.45, 2.75) is 13.5 Å². The first-order valence-electron chi connectivity index (χ1n) is 6.91. The maximum Gasteiger partial charge on any atom is 0.138 e. The third kappa shape index (κ3) is 2.33. The van der Waals surface area contributed by atoms with Crippen LogP contribution in [0.4, 0.5) is 5.82 Å². The molecular formula is C15H19N5O. The zero-order valence-electron chi connectivity index (χ0n) is 12.3. The predicted molar refractivity (Wildman–Crippen MR) is 81.9 cm³/mol. The number of ether oxygens (including phenoxy) is 1. The molecule has 1 aliphatic rings. The third-order valence-corrected chi connectivity index (χ3v) is 3.71. The Morgan fingerprint density at radius 1 is 1.38 bits per heavy atom. The molecule has 0 amide bonds. The van der Waals surface area contributed by atoms with E-state index >= 15 is 0 Å². The van der Waals surface area contributed by atoms with Gasteiger partial charge in [-0.3, -0.25) is 10.1 Å². The summed E-state index contributed by atoms with van der Waals surface area (Å²) in [7, 11) is 1.88. The topological polar surface area (TPSA) is 80.2 Å². The van der Waals surface area contributed by atoms with Gasteiger partial charge >= 0.3 is 0 Å². The number of nitrogens with one attached hydrogen (secondary N) is 1. The molecule has 3 rings (SSSR count). The van der Waals surface area contributed by atoms with Crippen LogP contribution in [0.25, 0.3) is 0 Å².